The summed E-state index contributed by atoms with van der Waals surface area (Å²) >= 11 is 0. The van der Waals surface area contributed by atoms with Crippen LogP contribution in [0.2, 0.25) is 0 Å². The van der Waals surface area contributed by atoms with Crippen molar-refractivity contribution < 1.29 is 18.8 Å². The van der Waals surface area contributed by atoms with Gasteiger partial charge in [-0.15, -0.1) is 0 Å². The van der Waals surface area contributed by atoms with E-state index in [1.807, 2.05) is 32.0 Å². The number of benzene rings is 1. The minimum Gasteiger partial charge on any atom is -0.493 e. The molecule has 0 bridgehead atoms. The number of hydrogen-bond donors (Lipinski definition) is 1. The zero-order valence-electron chi connectivity index (χ0n) is 15.7. The standard InChI is InChI=1S/C19H22N4O4/c1-12(2)20-17(24)11-23-9-5-6-14(23)19-21-18(22-27-19)13-7-8-15(25-3)16(10-13)26-4/h5-10,12H,11H2,1-4H3,(H,20,24). The minimum absolute atomic E-state index is 0.0802. The van der Waals surface area contributed by atoms with Crippen LogP contribution in [-0.4, -0.2) is 40.9 Å². The summed E-state index contributed by atoms with van der Waals surface area (Å²) < 4.78 is 17.7. The zero-order valence-corrected chi connectivity index (χ0v) is 15.7. The molecule has 0 spiro atoms. The summed E-state index contributed by atoms with van der Waals surface area (Å²) in [5.74, 6) is 1.87. The van der Waals surface area contributed by atoms with Crippen LogP contribution < -0.4 is 14.8 Å². The Hall–Kier alpha value is -3.29. The molecule has 0 radical (unpaired) electrons. The van der Waals surface area contributed by atoms with E-state index in [0.717, 1.165) is 5.56 Å². The molecule has 1 N–H and O–H groups in total. The highest BCUT2D eigenvalue weighted by Crippen LogP contribution is 2.32. The van der Waals surface area contributed by atoms with Crippen LogP contribution in [0.25, 0.3) is 23.0 Å². The summed E-state index contributed by atoms with van der Waals surface area (Å²) in [6, 6.07) is 9.13. The maximum atomic E-state index is 12.0. The van der Waals surface area contributed by atoms with Gasteiger partial charge in [0, 0.05) is 17.8 Å². The van der Waals surface area contributed by atoms with Crippen molar-refractivity contribution in [3.8, 4) is 34.5 Å². The van der Waals surface area contributed by atoms with Crippen molar-refractivity contribution in [3.63, 3.8) is 0 Å². The van der Waals surface area contributed by atoms with Gasteiger partial charge >= 0.3 is 0 Å². The SMILES string of the molecule is COc1ccc(-c2noc(-c3cccn3CC(=O)NC(C)C)n2)cc1OC. The molecule has 0 fully saturated rings. The van der Waals surface area contributed by atoms with Crippen LogP contribution in [-0.2, 0) is 11.3 Å². The Bertz CT molecular complexity index is 929. The third-order valence-corrected chi connectivity index (χ3v) is 3.88. The molecular formula is C19H22N4O4. The first kappa shape index (κ1) is 18.5. The van der Waals surface area contributed by atoms with Crippen LogP contribution in [0.1, 0.15) is 13.8 Å². The van der Waals surface area contributed by atoms with Gasteiger partial charge < -0.3 is 23.9 Å². The Morgan fingerprint density at radius 1 is 1.22 bits per heavy atom. The lowest BCUT2D eigenvalue weighted by Gasteiger charge is -2.10. The molecule has 2 aromatic heterocycles. The summed E-state index contributed by atoms with van der Waals surface area (Å²) in [7, 11) is 3.14. The molecule has 0 saturated carbocycles. The molecule has 0 atom stereocenters. The van der Waals surface area contributed by atoms with Gasteiger partial charge in [-0.1, -0.05) is 5.16 Å². The lowest BCUT2D eigenvalue weighted by atomic mass is 10.2. The second-order valence-electron chi connectivity index (χ2n) is 6.24. The normalized spacial score (nSPS) is 10.9. The first-order valence-corrected chi connectivity index (χ1v) is 8.52. The van der Waals surface area contributed by atoms with Gasteiger partial charge in [0.2, 0.25) is 11.7 Å². The molecule has 0 unspecified atom stereocenters. The zero-order chi connectivity index (χ0) is 19.4. The molecular weight excluding hydrogens is 348 g/mol. The van der Waals surface area contributed by atoms with Crippen LogP contribution in [0.5, 0.6) is 11.5 Å². The highest BCUT2D eigenvalue weighted by atomic mass is 16.5. The second kappa shape index (κ2) is 7.94. The van der Waals surface area contributed by atoms with E-state index in [2.05, 4.69) is 15.5 Å². The van der Waals surface area contributed by atoms with Crippen molar-refractivity contribution >= 4 is 5.91 Å². The van der Waals surface area contributed by atoms with E-state index in [0.29, 0.717) is 28.9 Å². The number of nitrogens with zero attached hydrogens (tertiary/aromatic N) is 3. The Labute approximate surface area is 157 Å². The first-order chi connectivity index (χ1) is 13.0. The molecule has 0 saturated heterocycles. The van der Waals surface area contributed by atoms with Crippen molar-refractivity contribution in [2.24, 2.45) is 0 Å². The lowest BCUT2D eigenvalue weighted by molar-refractivity contribution is -0.122. The van der Waals surface area contributed by atoms with Crippen LogP contribution in [0.3, 0.4) is 0 Å². The quantitative estimate of drug-likeness (QED) is 0.688. The van der Waals surface area contributed by atoms with Crippen molar-refractivity contribution in [1.29, 1.82) is 0 Å². The Morgan fingerprint density at radius 2 is 2.00 bits per heavy atom. The van der Waals surface area contributed by atoms with Crippen LogP contribution in [0, 0.1) is 0 Å². The second-order valence-corrected chi connectivity index (χ2v) is 6.24. The summed E-state index contributed by atoms with van der Waals surface area (Å²) in [5, 5.41) is 6.91. The average molecular weight is 370 g/mol. The number of methoxy groups -OCH3 is 2. The molecule has 0 aliphatic rings. The summed E-state index contributed by atoms with van der Waals surface area (Å²) in [4.78, 5) is 16.5. The van der Waals surface area contributed by atoms with Crippen molar-refractivity contribution in [2.45, 2.75) is 26.4 Å². The number of rotatable bonds is 7. The van der Waals surface area contributed by atoms with Crippen molar-refractivity contribution in [1.82, 2.24) is 20.0 Å². The maximum absolute atomic E-state index is 12.0. The molecule has 3 aromatic rings. The summed E-state index contributed by atoms with van der Waals surface area (Å²) in [6.07, 6.45) is 1.80. The highest BCUT2D eigenvalue weighted by Gasteiger charge is 2.17. The highest BCUT2D eigenvalue weighted by molar-refractivity contribution is 5.76. The molecule has 8 heteroatoms. The molecule has 2 heterocycles. The van der Waals surface area contributed by atoms with Gasteiger partial charge in [0.05, 0.1) is 14.2 Å². The van der Waals surface area contributed by atoms with Crippen LogP contribution in [0.4, 0.5) is 0 Å². The van der Waals surface area contributed by atoms with Gasteiger partial charge in [0.25, 0.3) is 5.89 Å². The number of nitrogens with one attached hydrogen (secondary N) is 1. The van der Waals surface area contributed by atoms with E-state index in [1.54, 1.807) is 37.1 Å². The monoisotopic (exact) mass is 370 g/mol. The molecule has 0 aliphatic carbocycles. The molecule has 1 amide bonds. The van der Waals surface area contributed by atoms with Gasteiger partial charge in [0.15, 0.2) is 11.5 Å². The number of carbonyl (C=O) groups excluding carboxylic acids is 1. The fourth-order valence-corrected chi connectivity index (χ4v) is 2.69. The van der Waals surface area contributed by atoms with E-state index in [1.165, 1.54) is 0 Å². The fourth-order valence-electron chi connectivity index (χ4n) is 2.69. The third kappa shape index (κ3) is 4.11. The lowest BCUT2D eigenvalue weighted by Crippen LogP contribution is -2.33. The maximum Gasteiger partial charge on any atom is 0.274 e. The predicted molar refractivity (Wildman–Crippen MR) is 99.5 cm³/mol. The van der Waals surface area contributed by atoms with E-state index in [4.69, 9.17) is 14.0 Å². The van der Waals surface area contributed by atoms with Crippen LogP contribution >= 0.6 is 0 Å². The average Bonchev–Trinajstić information content (AvgIpc) is 3.29. The summed E-state index contributed by atoms with van der Waals surface area (Å²) in [5.41, 5.74) is 1.41. The molecule has 1 aromatic carbocycles. The third-order valence-electron chi connectivity index (χ3n) is 3.88. The number of amides is 1. The van der Waals surface area contributed by atoms with Crippen molar-refractivity contribution in [2.75, 3.05) is 14.2 Å². The topological polar surface area (TPSA) is 91.4 Å². The minimum atomic E-state index is -0.0814. The first-order valence-electron chi connectivity index (χ1n) is 8.52. The number of aromatic nitrogens is 3. The van der Waals surface area contributed by atoms with Crippen molar-refractivity contribution in [3.05, 3.63) is 36.5 Å². The van der Waals surface area contributed by atoms with Gasteiger partial charge in [-0.25, -0.2) is 0 Å². The number of carbonyl (C=O) groups is 1. The van der Waals surface area contributed by atoms with Gasteiger partial charge in [-0.05, 0) is 44.2 Å². The van der Waals surface area contributed by atoms with Crippen LogP contribution in [0.15, 0.2) is 41.1 Å². The molecule has 8 nitrogen and oxygen atoms in total. The largest absolute Gasteiger partial charge is 0.493 e. The number of hydrogen-bond acceptors (Lipinski definition) is 6. The van der Waals surface area contributed by atoms with Gasteiger partial charge in [-0.2, -0.15) is 4.98 Å². The molecule has 3 rings (SSSR count). The Kier molecular flexibility index (Phi) is 5.44. The molecule has 0 aliphatic heterocycles. The Morgan fingerprint density at radius 3 is 2.70 bits per heavy atom. The Balaban J connectivity index is 1.85. The van der Waals surface area contributed by atoms with Gasteiger partial charge in [0.1, 0.15) is 12.2 Å². The number of ether oxygens (including phenoxy) is 2. The fraction of sp³-hybridized carbons (Fsp3) is 0.316. The summed E-state index contributed by atoms with van der Waals surface area (Å²) in [6.45, 7) is 4.01. The molecule has 27 heavy (non-hydrogen) atoms. The van der Waals surface area contributed by atoms with E-state index in [-0.39, 0.29) is 18.5 Å². The molecule has 142 valence electrons. The van der Waals surface area contributed by atoms with E-state index >= 15 is 0 Å². The van der Waals surface area contributed by atoms with E-state index < -0.39 is 0 Å². The van der Waals surface area contributed by atoms with Gasteiger partial charge in [-0.3, -0.25) is 4.79 Å². The smallest absolute Gasteiger partial charge is 0.274 e. The van der Waals surface area contributed by atoms with E-state index in [9.17, 15) is 4.79 Å². The predicted octanol–water partition coefficient (Wildman–Crippen LogP) is 2.75.